The number of aromatic amines is 1. The minimum Gasteiger partial charge on any atom is -0.329 e. The fraction of sp³-hybridized carbons (Fsp3) is 0.111. The predicted molar refractivity (Wildman–Crippen MR) is 50.4 cm³/mol. The zero-order chi connectivity index (χ0) is 9.26. The van der Waals surface area contributed by atoms with E-state index in [0.717, 1.165) is 16.6 Å². The Morgan fingerprint density at radius 1 is 1.54 bits per heavy atom. The highest BCUT2D eigenvalue weighted by atomic mass is 35.5. The summed E-state index contributed by atoms with van der Waals surface area (Å²) in [5.74, 6) is 0.736. The van der Waals surface area contributed by atoms with Crippen molar-refractivity contribution in [1.82, 2.24) is 9.97 Å². The predicted octanol–water partition coefficient (Wildman–Crippen LogP) is 2.17. The van der Waals surface area contributed by atoms with Crippen LogP contribution in [0.2, 0.25) is 0 Å². The largest absolute Gasteiger partial charge is 0.329 e. The lowest BCUT2D eigenvalue weighted by Gasteiger charge is -1.93. The molecule has 0 saturated heterocycles. The quantitative estimate of drug-likeness (QED) is 0.703. The van der Waals surface area contributed by atoms with Crippen LogP contribution in [0, 0.1) is 11.3 Å². The maximum Gasteiger partial charge on any atom is 0.211 e. The third-order valence-corrected chi connectivity index (χ3v) is 2.13. The van der Waals surface area contributed by atoms with Gasteiger partial charge in [-0.15, -0.1) is 11.6 Å². The zero-order valence-corrected chi connectivity index (χ0v) is 7.47. The number of fused-ring (bicyclic) bond motifs is 1. The molecular weight excluding hydrogens is 186 g/mol. The van der Waals surface area contributed by atoms with Crippen LogP contribution in [0.5, 0.6) is 0 Å². The summed E-state index contributed by atoms with van der Waals surface area (Å²) >= 11 is 5.72. The number of para-hydroxylation sites is 1. The summed E-state index contributed by atoms with van der Waals surface area (Å²) in [6.45, 7) is 0. The number of nitriles is 1. The van der Waals surface area contributed by atoms with E-state index in [2.05, 4.69) is 9.97 Å². The molecule has 2 aromatic rings. The van der Waals surface area contributed by atoms with E-state index in [1.54, 1.807) is 0 Å². The molecule has 4 heteroatoms. The summed E-state index contributed by atoms with van der Waals surface area (Å²) in [5, 5.41) is 8.63. The SMILES string of the molecule is N#Cc1nc2c(CCl)cccc2[nH]1. The lowest BCUT2D eigenvalue weighted by atomic mass is 10.2. The van der Waals surface area contributed by atoms with Gasteiger partial charge < -0.3 is 4.98 Å². The molecule has 0 bridgehead atoms. The molecule has 3 nitrogen and oxygen atoms in total. The molecule has 64 valence electrons. The number of hydrogen-bond donors (Lipinski definition) is 1. The number of nitrogens with zero attached hydrogens (tertiary/aromatic N) is 2. The van der Waals surface area contributed by atoms with Crippen LogP contribution in [0.1, 0.15) is 11.4 Å². The molecule has 0 atom stereocenters. The maximum absolute atomic E-state index is 8.63. The van der Waals surface area contributed by atoms with Crippen LogP contribution < -0.4 is 0 Å². The minimum absolute atomic E-state index is 0.326. The number of rotatable bonds is 1. The van der Waals surface area contributed by atoms with Gasteiger partial charge in [0.15, 0.2) is 0 Å². The number of benzene rings is 1. The van der Waals surface area contributed by atoms with Crippen molar-refractivity contribution in [2.45, 2.75) is 5.88 Å². The molecule has 2 rings (SSSR count). The molecule has 0 saturated carbocycles. The van der Waals surface area contributed by atoms with Crippen molar-refractivity contribution in [2.24, 2.45) is 0 Å². The number of hydrogen-bond acceptors (Lipinski definition) is 2. The van der Waals surface area contributed by atoms with Gasteiger partial charge in [0.2, 0.25) is 5.82 Å². The van der Waals surface area contributed by atoms with E-state index in [1.165, 1.54) is 0 Å². The Morgan fingerprint density at radius 3 is 3.08 bits per heavy atom. The topological polar surface area (TPSA) is 52.5 Å². The van der Waals surface area contributed by atoms with E-state index >= 15 is 0 Å². The second kappa shape index (κ2) is 3.08. The van der Waals surface area contributed by atoms with Crippen LogP contribution in [0.3, 0.4) is 0 Å². The Kier molecular flexibility index (Phi) is 1.91. The van der Waals surface area contributed by atoms with Crippen molar-refractivity contribution in [3.8, 4) is 6.07 Å². The average Bonchev–Trinajstić information content (AvgIpc) is 2.59. The number of alkyl halides is 1. The molecule has 0 radical (unpaired) electrons. The summed E-state index contributed by atoms with van der Waals surface area (Å²) in [7, 11) is 0. The Morgan fingerprint density at radius 2 is 2.38 bits per heavy atom. The smallest absolute Gasteiger partial charge is 0.211 e. The number of halogens is 1. The molecule has 0 unspecified atom stereocenters. The first-order valence-corrected chi connectivity index (χ1v) is 4.32. The highest BCUT2D eigenvalue weighted by molar-refractivity contribution is 6.17. The Bertz CT molecular complexity index is 481. The number of imidazole rings is 1. The molecule has 0 aliphatic carbocycles. The van der Waals surface area contributed by atoms with Crippen LogP contribution in [0.15, 0.2) is 18.2 Å². The lowest BCUT2D eigenvalue weighted by Crippen LogP contribution is -1.79. The molecule has 0 fully saturated rings. The van der Waals surface area contributed by atoms with Gasteiger partial charge in [-0.2, -0.15) is 5.26 Å². The standard InChI is InChI=1S/C9H6ClN3/c10-4-6-2-1-3-7-9(6)13-8(5-11)12-7/h1-3H,4H2,(H,12,13). The Labute approximate surface area is 80.0 Å². The first kappa shape index (κ1) is 8.09. The van der Waals surface area contributed by atoms with Crippen molar-refractivity contribution in [2.75, 3.05) is 0 Å². The van der Waals surface area contributed by atoms with Gasteiger partial charge in [0.05, 0.1) is 11.0 Å². The molecule has 1 heterocycles. The third kappa shape index (κ3) is 1.25. The molecule has 0 spiro atoms. The summed E-state index contributed by atoms with van der Waals surface area (Å²) in [6, 6.07) is 7.62. The van der Waals surface area contributed by atoms with Crippen molar-refractivity contribution in [1.29, 1.82) is 5.26 Å². The number of nitrogens with one attached hydrogen (secondary N) is 1. The average molecular weight is 192 g/mol. The van der Waals surface area contributed by atoms with Crippen molar-refractivity contribution < 1.29 is 0 Å². The molecule has 0 aliphatic heterocycles. The van der Waals surface area contributed by atoms with Crippen LogP contribution >= 0.6 is 11.6 Å². The second-order valence-corrected chi connectivity index (χ2v) is 2.91. The highest BCUT2D eigenvalue weighted by Gasteiger charge is 2.04. The van der Waals surface area contributed by atoms with Crippen molar-refractivity contribution in [3.63, 3.8) is 0 Å². The summed E-state index contributed by atoms with van der Waals surface area (Å²) in [5.41, 5.74) is 2.58. The van der Waals surface area contributed by atoms with Crippen LogP contribution in [-0.4, -0.2) is 9.97 Å². The first-order valence-electron chi connectivity index (χ1n) is 3.79. The van der Waals surface area contributed by atoms with E-state index in [9.17, 15) is 0 Å². The van der Waals surface area contributed by atoms with E-state index < -0.39 is 0 Å². The van der Waals surface area contributed by atoms with E-state index in [4.69, 9.17) is 16.9 Å². The summed E-state index contributed by atoms with van der Waals surface area (Å²) < 4.78 is 0. The second-order valence-electron chi connectivity index (χ2n) is 2.64. The van der Waals surface area contributed by atoms with E-state index in [0.29, 0.717) is 11.7 Å². The van der Waals surface area contributed by atoms with Crippen LogP contribution in [0.25, 0.3) is 11.0 Å². The van der Waals surface area contributed by atoms with Crippen molar-refractivity contribution >= 4 is 22.6 Å². The normalized spacial score (nSPS) is 10.2. The first-order chi connectivity index (χ1) is 6.35. The fourth-order valence-corrected chi connectivity index (χ4v) is 1.47. The van der Waals surface area contributed by atoms with Gasteiger partial charge in [-0.1, -0.05) is 12.1 Å². The molecule has 13 heavy (non-hydrogen) atoms. The van der Waals surface area contributed by atoms with Crippen molar-refractivity contribution in [3.05, 3.63) is 29.6 Å². The number of H-pyrrole nitrogens is 1. The van der Waals surface area contributed by atoms with Gasteiger partial charge in [-0.25, -0.2) is 4.98 Å². The molecule has 0 amide bonds. The highest BCUT2D eigenvalue weighted by Crippen LogP contribution is 2.17. The summed E-state index contributed by atoms with van der Waals surface area (Å²) in [6.07, 6.45) is 0. The van der Waals surface area contributed by atoms with Gasteiger partial charge >= 0.3 is 0 Å². The monoisotopic (exact) mass is 191 g/mol. The molecule has 1 aromatic carbocycles. The summed E-state index contributed by atoms with van der Waals surface area (Å²) in [4.78, 5) is 6.99. The maximum atomic E-state index is 8.63. The van der Waals surface area contributed by atoms with Gasteiger partial charge in [-0.05, 0) is 11.6 Å². The van der Waals surface area contributed by atoms with Gasteiger partial charge in [0.25, 0.3) is 0 Å². The molecule has 1 N–H and O–H groups in total. The van der Waals surface area contributed by atoms with E-state index in [1.807, 2.05) is 24.3 Å². The molecule has 0 aliphatic rings. The fourth-order valence-electron chi connectivity index (χ4n) is 1.25. The molecular formula is C9H6ClN3. The zero-order valence-electron chi connectivity index (χ0n) is 6.71. The molecule has 1 aromatic heterocycles. The third-order valence-electron chi connectivity index (χ3n) is 1.85. The van der Waals surface area contributed by atoms with Gasteiger partial charge in [0, 0.05) is 5.88 Å². The van der Waals surface area contributed by atoms with Gasteiger partial charge in [0.1, 0.15) is 6.07 Å². The van der Waals surface area contributed by atoms with Crippen LogP contribution in [-0.2, 0) is 5.88 Å². The minimum atomic E-state index is 0.326. The lowest BCUT2D eigenvalue weighted by molar-refractivity contribution is 1.24. The van der Waals surface area contributed by atoms with E-state index in [-0.39, 0.29) is 0 Å². The van der Waals surface area contributed by atoms with Crippen LogP contribution in [0.4, 0.5) is 0 Å². The van der Waals surface area contributed by atoms with Gasteiger partial charge in [-0.3, -0.25) is 0 Å². The Hall–Kier alpha value is -1.53. The number of aromatic nitrogens is 2. The Balaban J connectivity index is 2.76.